The molecule has 0 aliphatic carbocycles. The van der Waals surface area contributed by atoms with Crippen LogP contribution in [-0.2, 0) is 6.54 Å². The molecule has 4 nitrogen and oxygen atoms in total. The molecule has 0 aliphatic rings. The molecule has 0 amide bonds. The highest BCUT2D eigenvalue weighted by atomic mass is 32.1. The van der Waals surface area contributed by atoms with Gasteiger partial charge in [0.05, 0.1) is 22.9 Å². The molecule has 1 heterocycles. The van der Waals surface area contributed by atoms with Crippen LogP contribution in [0.2, 0.25) is 0 Å². The molecule has 0 aliphatic heterocycles. The molecule has 5 heteroatoms. The zero-order valence-corrected chi connectivity index (χ0v) is 11.5. The first-order chi connectivity index (χ1) is 9.11. The van der Waals surface area contributed by atoms with E-state index in [-0.39, 0.29) is 5.78 Å². The number of benzene rings is 1. The number of carbonyl (C=O) groups is 1. The molecule has 0 bridgehead atoms. The van der Waals surface area contributed by atoms with Crippen molar-refractivity contribution in [2.75, 3.05) is 5.32 Å². The van der Waals surface area contributed by atoms with Crippen molar-refractivity contribution in [1.29, 1.82) is 5.26 Å². The van der Waals surface area contributed by atoms with E-state index in [1.165, 1.54) is 18.5 Å². The summed E-state index contributed by atoms with van der Waals surface area (Å²) in [6, 6.07) is 9.49. The van der Waals surface area contributed by atoms with Gasteiger partial charge in [0.1, 0.15) is 5.00 Å². The predicted octanol–water partition coefficient (Wildman–Crippen LogP) is 3.14. The zero-order valence-electron chi connectivity index (χ0n) is 10.7. The summed E-state index contributed by atoms with van der Waals surface area (Å²) in [4.78, 5) is 11.5. The molecule has 0 spiro atoms. The van der Waals surface area contributed by atoms with E-state index >= 15 is 0 Å². The lowest BCUT2D eigenvalue weighted by atomic mass is 10.1. The van der Waals surface area contributed by atoms with Crippen LogP contribution in [0.15, 0.2) is 24.3 Å². The zero-order chi connectivity index (χ0) is 13.8. The summed E-state index contributed by atoms with van der Waals surface area (Å²) < 4.78 is 4.19. The van der Waals surface area contributed by atoms with Gasteiger partial charge in [-0.2, -0.15) is 9.64 Å². The number of nitrogens with one attached hydrogen (secondary N) is 1. The highest BCUT2D eigenvalue weighted by molar-refractivity contribution is 7.10. The molecule has 0 fully saturated rings. The number of anilines is 1. The number of aromatic nitrogens is 1. The van der Waals surface area contributed by atoms with Crippen LogP contribution in [-0.4, -0.2) is 10.2 Å². The predicted molar refractivity (Wildman–Crippen MR) is 75.3 cm³/mol. The average molecular weight is 271 g/mol. The van der Waals surface area contributed by atoms with E-state index < -0.39 is 0 Å². The monoisotopic (exact) mass is 271 g/mol. The van der Waals surface area contributed by atoms with Crippen molar-refractivity contribution in [3.63, 3.8) is 0 Å². The number of carbonyl (C=O) groups excluding carboxylic acids is 1. The molecule has 0 atom stereocenters. The first-order valence-corrected chi connectivity index (χ1v) is 6.59. The molecule has 0 saturated heterocycles. The van der Waals surface area contributed by atoms with Crippen LogP contribution >= 0.6 is 11.5 Å². The molecule has 1 aromatic heterocycles. The van der Waals surface area contributed by atoms with Gasteiger partial charge in [0.25, 0.3) is 0 Å². The molecular weight excluding hydrogens is 258 g/mol. The lowest BCUT2D eigenvalue weighted by molar-refractivity contribution is 0.101. The number of hydrogen-bond donors (Lipinski definition) is 1. The number of Topliss-reactive ketones (excluding diaryl/α,β-unsaturated/α-hetero) is 1. The highest BCUT2D eigenvalue weighted by Crippen LogP contribution is 2.25. The smallest absolute Gasteiger partial charge is 0.164 e. The Labute approximate surface area is 115 Å². The van der Waals surface area contributed by atoms with Gasteiger partial charge in [0.15, 0.2) is 5.78 Å². The number of nitriles is 1. The fraction of sp³-hybridized carbons (Fsp3) is 0.214. The summed E-state index contributed by atoms with van der Waals surface area (Å²) in [6.45, 7) is 3.93. The Bertz CT molecular complexity index is 655. The average Bonchev–Trinajstić information content (AvgIpc) is 2.78. The Morgan fingerprint density at radius 3 is 3.00 bits per heavy atom. The number of hydrogen-bond acceptors (Lipinski definition) is 5. The molecule has 1 aromatic carbocycles. The van der Waals surface area contributed by atoms with Gasteiger partial charge in [-0.05, 0) is 43.1 Å². The van der Waals surface area contributed by atoms with Crippen LogP contribution in [0.3, 0.4) is 0 Å². The maximum absolute atomic E-state index is 11.5. The number of rotatable bonds is 4. The molecule has 0 saturated carbocycles. The van der Waals surface area contributed by atoms with Crippen LogP contribution in [0.25, 0.3) is 0 Å². The molecule has 19 heavy (non-hydrogen) atoms. The molecule has 96 valence electrons. The van der Waals surface area contributed by atoms with Crippen molar-refractivity contribution >= 4 is 22.3 Å². The van der Waals surface area contributed by atoms with Gasteiger partial charge in [0.2, 0.25) is 0 Å². The van der Waals surface area contributed by atoms with Crippen LogP contribution in [0.1, 0.15) is 34.1 Å². The minimum Gasteiger partial charge on any atom is -0.371 e. The van der Waals surface area contributed by atoms with E-state index in [9.17, 15) is 4.79 Å². The highest BCUT2D eigenvalue weighted by Gasteiger charge is 2.14. The third-order valence-corrected chi connectivity index (χ3v) is 3.62. The fourth-order valence-corrected chi connectivity index (χ4v) is 2.68. The molecule has 0 unspecified atom stereocenters. The molecule has 0 radical (unpaired) electrons. The second kappa shape index (κ2) is 5.63. The first-order valence-electron chi connectivity index (χ1n) is 5.82. The second-order valence-electron chi connectivity index (χ2n) is 4.19. The maximum Gasteiger partial charge on any atom is 0.164 e. The number of nitrogens with zero attached hydrogens (tertiary/aromatic N) is 2. The Kier molecular flexibility index (Phi) is 3.93. The molecular formula is C14H13N3OS. The second-order valence-corrected chi connectivity index (χ2v) is 4.97. The maximum atomic E-state index is 11.5. The van der Waals surface area contributed by atoms with E-state index in [0.717, 1.165) is 16.3 Å². The minimum atomic E-state index is 0.0134. The van der Waals surface area contributed by atoms with Crippen molar-refractivity contribution in [3.8, 4) is 6.07 Å². The van der Waals surface area contributed by atoms with Gasteiger partial charge in [-0.25, -0.2) is 0 Å². The summed E-state index contributed by atoms with van der Waals surface area (Å²) in [7, 11) is 0. The summed E-state index contributed by atoms with van der Waals surface area (Å²) in [5.74, 6) is 0.0134. The quantitative estimate of drug-likeness (QED) is 0.867. The topological polar surface area (TPSA) is 65.8 Å². The van der Waals surface area contributed by atoms with Crippen LogP contribution in [0.5, 0.6) is 0 Å². The summed E-state index contributed by atoms with van der Waals surface area (Å²) in [6.07, 6.45) is 0. The van der Waals surface area contributed by atoms with Crippen molar-refractivity contribution in [1.82, 2.24) is 4.37 Å². The van der Waals surface area contributed by atoms with E-state index in [2.05, 4.69) is 15.8 Å². The minimum absolute atomic E-state index is 0.0134. The van der Waals surface area contributed by atoms with E-state index in [0.29, 0.717) is 17.7 Å². The Morgan fingerprint density at radius 1 is 1.53 bits per heavy atom. The van der Waals surface area contributed by atoms with Gasteiger partial charge in [-0.3, -0.25) is 4.79 Å². The van der Waals surface area contributed by atoms with Crippen molar-refractivity contribution < 1.29 is 4.79 Å². The molecule has 1 N–H and O–H groups in total. The van der Waals surface area contributed by atoms with Gasteiger partial charge < -0.3 is 5.32 Å². The number of ketones is 1. The van der Waals surface area contributed by atoms with Gasteiger partial charge in [-0.1, -0.05) is 12.1 Å². The SMILES string of the molecule is CC(=O)c1c(C)nsc1NCc1cccc(C#N)c1. The standard InChI is InChI=1S/C14H13N3OS/c1-9-13(10(2)18)14(19-17-9)16-8-12-5-3-4-11(6-12)7-15/h3-6,16H,8H2,1-2H3. The number of aryl methyl sites for hydroxylation is 1. The van der Waals surface area contributed by atoms with Crippen molar-refractivity contribution in [2.24, 2.45) is 0 Å². The summed E-state index contributed by atoms with van der Waals surface area (Å²) >= 11 is 1.29. The molecule has 2 aromatic rings. The Balaban J connectivity index is 2.15. The third-order valence-electron chi connectivity index (χ3n) is 2.72. The van der Waals surface area contributed by atoms with Crippen molar-refractivity contribution in [3.05, 3.63) is 46.6 Å². The van der Waals surface area contributed by atoms with E-state index in [1.807, 2.05) is 25.1 Å². The van der Waals surface area contributed by atoms with Crippen LogP contribution in [0, 0.1) is 18.3 Å². The van der Waals surface area contributed by atoms with Gasteiger partial charge in [-0.15, -0.1) is 0 Å². The van der Waals surface area contributed by atoms with Gasteiger partial charge >= 0.3 is 0 Å². The van der Waals surface area contributed by atoms with E-state index in [4.69, 9.17) is 5.26 Å². The Hall–Kier alpha value is -2.19. The Morgan fingerprint density at radius 2 is 2.32 bits per heavy atom. The third kappa shape index (κ3) is 2.98. The van der Waals surface area contributed by atoms with Crippen LogP contribution < -0.4 is 5.32 Å². The van der Waals surface area contributed by atoms with Gasteiger partial charge in [0, 0.05) is 6.54 Å². The lowest BCUT2D eigenvalue weighted by Gasteiger charge is -2.05. The lowest BCUT2D eigenvalue weighted by Crippen LogP contribution is -2.03. The normalized spacial score (nSPS) is 9.95. The first kappa shape index (κ1) is 13.2. The fourth-order valence-electron chi connectivity index (χ4n) is 1.84. The van der Waals surface area contributed by atoms with Crippen LogP contribution in [0.4, 0.5) is 5.00 Å². The summed E-state index contributed by atoms with van der Waals surface area (Å²) in [5.41, 5.74) is 3.04. The van der Waals surface area contributed by atoms with Crippen molar-refractivity contribution in [2.45, 2.75) is 20.4 Å². The summed E-state index contributed by atoms with van der Waals surface area (Å²) in [5, 5.41) is 12.8. The van der Waals surface area contributed by atoms with E-state index in [1.54, 1.807) is 6.07 Å². The largest absolute Gasteiger partial charge is 0.371 e. The molecule has 2 rings (SSSR count).